The Hall–Kier alpha value is -3.00. The highest BCUT2D eigenvalue weighted by Crippen LogP contribution is 2.29. The predicted molar refractivity (Wildman–Crippen MR) is 99.8 cm³/mol. The number of carbonyl (C=O) groups excluding carboxylic acids is 1. The summed E-state index contributed by atoms with van der Waals surface area (Å²) >= 11 is 1.24. The topological polar surface area (TPSA) is 92.3 Å². The van der Waals surface area contributed by atoms with Crippen LogP contribution in [0.15, 0.2) is 53.7 Å². The maximum Gasteiger partial charge on any atom is 0.227 e. The zero-order valence-corrected chi connectivity index (χ0v) is 15.2. The molecule has 0 unspecified atom stereocenters. The highest BCUT2D eigenvalue weighted by molar-refractivity contribution is 7.99. The first-order valence-electron chi connectivity index (χ1n) is 7.77. The number of ether oxygens (including phenoxy) is 2. The molecule has 3 aromatic rings. The van der Waals surface area contributed by atoms with E-state index in [-0.39, 0.29) is 5.75 Å². The second-order valence-electron chi connectivity index (χ2n) is 5.32. The van der Waals surface area contributed by atoms with Gasteiger partial charge in [-0.15, -0.1) is 10.2 Å². The average molecular weight is 370 g/mol. The molecule has 0 radical (unpaired) electrons. The summed E-state index contributed by atoms with van der Waals surface area (Å²) in [6, 6.07) is 15.1. The molecule has 0 aliphatic heterocycles. The summed E-state index contributed by atoms with van der Waals surface area (Å²) < 4.78 is 12.3. The minimum absolute atomic E-state index is 0.122. The Morgan fingerprint density at radius 3 is 2.12 bits per heavy atom. The van der Waals surface area contributed by atoms with Crippen LogP contribution in [0.1, 0.15) is 0 Å². The lowest BCUT2D eigenvalue weighted by molar-refractivity contribution is -0.115. The van der Waals surface area contributed by atoms with Crippen LogP contribution >= 0.6 is 11.8 Å². The van der Waals surface area contributed by atoms with Crippen molar-refractivity contribution in [2.75, 3.05) is 20.0 Å². The van der Waals surface area contributed by atoms with E-state index < -0.39 is 5.91 Å². The van der Waals surface area contributed by atoms with Gasteiger partial charge in [0.2, 0.25) is 5.91 Å². The molecule has 3 rings (SSSR count). The first kappa shape index (κ1) is 17.8. The molecule has 0 saturated carbocycles. The molecule has 1 amide bonds. The smallest absolute Gasteiger partial charge is 0.227 e. The van der Waals surface area contributed by atoms with E-state index in [0.29, 0.717) is 11.0 Å². The molecule has 0 aliphatic rings. The van der Waals surface area contributed by atoms with Gasteiger partial charge in [0.05, 0.1) is 20.0 Å². The molecule has 2 aromatic carbocycles. The van der Waals surface area contributed by atoms with Crippen molar-refractivity contribution in [2.45, 2.75) is 5.16 Å². The van der Waals surface area contributed by atoms with Crippen molar-refractivity contribution in [1.29, 1.82) is 0 Å². The van der Waals surface area contributed by atoms with Crippen LogP contribution in [0.5, 0.6) is 11.5 Å². The van der Waals surface area contributed by atoms with E-state index in [4.69, 9.17) is 15.2 Å². The van der Waals surface area contributed by atoms with Gasteiger partial charge in [-0.1, -0.05) is 11.8 Å². The number of hydrogen-bond acceptors (Lipinski definition) is 6. The number of rotatable bonds is 7. The van der Waals surface area contributed by atoms with Crippen molar-refractivity contribution in [3.05, 3.63) is 48.5 Å². The monoisotopic (exact) mass is 370 g/mol. The number of carbonyl (C=O) groups is 1. The van der Waals surface area contributed by atoms with Crippen LogP contribution in [0.3, 0.4) is 0 Å². The third kappa shape index (κ3) is 3.80. The molecule has 0 fully saturated rings. The van der Waals surface area contributed by atoms with Crippen LogP contribution in [0, 0.1) is 0 Å². The van der Waals surface area contributed by atoms with Gasteiger partial charge in [-0.25, -0.2) is 0 Å². The normalized spacial score (nSPS) is 10.5. The van der Waals surface area contributed by atoms with Crippen molar-refractivity contribution in [1.82, 2.24) is 14.8 Å². The maximum absolute atomic E-state index is 11.2. The fourth-order valence-electron chi connectivity index (χ4n) is 2.39. The van der Waals surface area contributed by atoms with Gasteiger partial charge >= 0.3 is 0 Å². The number of nitrogens with zero attached hydrogens (tertiary/aromatic N) is 3. The van der Waals surface area contributed by atoms with Gasteiger partial charge in [0.15, 0.2) is 11.0 Å². The number of amides is 1. The molecule has 0 bridgehead atoms. The third-order valence-corrected chi connectivity index (χ3v) is 4.61. The summed E-state index contributed by atoms with van der Waals surface area (Å²) in [5.41, 5.74) is 7.00. The lowest BCUT2D eigenvalue weighted by Gasteiger charge is -2.11. The van der Waals surface area contributed by atoms with Crippen molar-refractivity contribution < 1.29 is 14.3 Å². The molecule has 0 aliphatic carbocycles. The molecule has 0 atom stereocenters. The Bertz CT molecular complexity index is 892. The van der Waals surface area contributed by atoms with Crippen LogP contribution in [-0.4, -0.2) is 40.6 Å². The van der Waals surface area contributed by atoms with Gasteiger partial charge in [-0.2, -0.15) is 0 Å². The fraction of sp³-hybridized carbons (Fsp3) is 0.167. The summed E-state index contributed by atoms with van der Waals surface area (Å²) in [4.78, 5) is 11.2. The van der Waals surface area contributed by atoms with Crippen molar-refractivity contribution >= 4 is 17.7 Å². The predicted octanol–water partition coefficient (Wildman–Crippen LogP) is 2.53. The van der Waals surface area contributed by atoms with E-state index in [1.54, 1.807) is 14.2 Å². The molecule has 8 heteroatoms. The number of thioether (sulfide) groups is 1. The van der Waals surface area contributed by atoms with Crippen LogP contribution in [0.2, 0.25) is 0 Å². The first-order chi connectivity index (χ1) is 12.6. The highest BCUT2D eigenvalue weighted by atomic mass is 32.2. The zero-order valence-electron chi connectivity index (χ0n) is 14.4. The Kier molecular flexibility index (Phi) is 5.43. The summed E-state index contributed by atoms with van der Waals surface area (Å²) in [5.74, 6) is 1.87. The zero-order chi connectivity index (χ0) is 18.5. The molecule has 2 N–H and O–H groups in total. The molecule has 1 heterocycles. The van der Waals surface area contributed by atoms with Gasteiger partial charge in [-0.05, 0) is 48.5 Å². The van der Waals surface area contributed by atoms with Crippen LogP contribution < -0.4 is 15.2 Å². The minimum Gasteiger partial charge on any atom is -0.497 e. The SMILES string of the molecule is COc1ccc(-c2nnc(SCC(N)=O)n2-c2ccc(OC)cc2)cc1. The highest BCUT2D eigenvalue weighted by Gasteiger charge is 2.17. The molecular weight excluding hydrogens is 352 g/mol. The van der Waals surface area contributed by atoms with Crippen LogP contribution in [-0.2, 0) is 4.79 Å². The summed E-state index contributed by atoms with van der Waals surface area (Å²) in [5, 5.41) is 9.12. The van der Waals surface area contributed by atoms with Crippen LogP contribution in [0.25, 0.3) is 17.1 Å². The Morgan fingerprint density at radius 1 is 1.00 bits per heavy atom. The van der Waals surface area contributed by atoms with E-state index in [2.05, 4.69) is 10.2 Å². The second-order valence-corrected chi connectivity index (χ2v) is 6.27. The molecule has 0 spiro atoms. The maximum atomic E-state index is 11.2. The van der Waals surface area contributed by atoms with Gasteiger partial charge in [0.1, 0.15) is 11.5 Å². The summed E-state index contributed by atoms with van der Waals surface area (Å²) in [6.45, 7) is 0. The minimum atomic E-state index is -0.412. The average Bonchev–Trinajstić information content (AvgIpc) is 3.10. The summed E-state index contributed by atoms with van der Waals surface area (Å²) in [6.07, 6.45) is 0. The molecule has 26 heavy (non-hydrogen) atoms. The first-order valence-corrected chi connectivity index (χ1v) is 8.76. The molecule has 0 saturated heterocycles. The number of methoxy groups -OCH3 is 2. The van der Waals surface area contributed by atoms with E-state index in [1.165, 1.54) is 11.8 Å². The quantitative estimate of drug-likeness (QED) is 0.643. The van der Waals surface area contributed by atoms with Gasteiger partial charge in [-0.3, -0.25) is 9.36 Å². The largest absolute Gasteiger partial charge is 0.497 e. The van der Waals surface area contributed by atoms with E-state index in [9.17, 15) is 4.79 Å². The standard InChI is InChI=1S/C18H18N4O3S/c1-24-14-7-3-12(4-8-14)17-20-21-18(26-11-16(19)23)22(17)13-5-9-15(25-2)10-6-13/h3-10H,11H2,1-2H3,(H2,19,23). The number of hydrogen-bond donors (Lipinski definition) is 1. The van der Waals surface area contributed by atoms with Crippen LogP contribution in [0.4, 0.5) is 0 Å². The number of primary amides is 1. The molecule has 134 valence electrons. The Labute approximate surface area is 155 Å². The lowest BCUT2D eigenvalue weighted by atomic mass is 10.2. The fourth-order valence-corrected chi connectivity index (χ4v) is 3.08. The second kappa shape index (κ2) is 7.92. The van der Waals surface area contributed by atoms with Gasteiger partial charge < -0.3 is 15.2 Å². The van der Waals surface area contributed by atoms with Crippen molar-refractivity contribution in [2.24, 2.45) is 5.73 Å². The van der Waals surface area contributed by atoms with Crippen molar-refractivity contribution in [3.8, 4) is 28.6 Å². The van der Waals surface area contributed by atoms with E-state index in [1.807, 2.05) is 53.1 Å². The van der Waals surface area contributed by atoms with Crippen molar-refractivity contribution in [3.63, 3.8) is 0 Å². The number of aromatic nitrogens is 3. The molecule has 1 aromatic heterocycles. The molecular formula is C18H18N4O3S. The van der Waals surface area contributed by atoms with Gasteiger partial charge in [0.25, 0.3) is 0 Å². The lowest BCUT2D eigenvalue weighted by Crippen LogP contribution is -2.13. The Morgan fingerprint density at radius 2 is 1.58 bits per heavy atom. The molecule has 7 nitrogen and oxygen atoms in total. The summed E-state index contributed by atoms with van der Waals surface area (Å²) in [7, 11) is 3.23. The number of nitrogens with two attached hydrogens (primary N) is 1. The van der Waals surface area contributed by atoms with Gasteiger partial charge in [0, 0.05) is 11.3 Å². The van der Waals surface area contributed by atoms with E-state index in [0.717, 1.165) is 22.7 Å². The Balaban J connectivity index is 2.06. The van der Waals surface area contributed by atoms with E-state index >= 15 is 0 Å². The number of benzene rings is 2. The third-order valence-electron chi connectivity index (χ3n) is 3.66.